The van der Waals surface area contributed by atoms with E-state index in [0.717, 1.165) is 0 Å². The van der Waals surface area contributed by atoms with Gasteiger partial charge in [0.2, 0.25) is 5.91 Å². The average molecular weight is 337 g/mol. The van der Waals surface area contributed by atoms with Crippen molar-refractivity contribution in [3.63, 3.8) is 0 Å². The third-order valence-electron chi connectivity index (χ3n) is 3.50. The van der Waals surface area contributed by atoms with E-state index < -0.39 is 16.1 Å². The maximum atomic E-state index is 12.4. The molecule has 0 saturated carbocycles. The number of rotatable bonds is 6. The molecule has 1 atom stereocenters. The molecule has 0 aromatic carbocycles. The second-order valence-electron chi connectivity index (χ2n) is 5.19. The number of amides is 1. The Balaban J connectivity index is 2.21. The molecule has 1 aliphatic heterocycles. The Morgan fingerprint density at radius 1 is 1.52 bits per heavy atom. The number of hydrogen-bond donors (Lipinski definition) is 2. The molecular formula is C14H19N5O3S. The molecule has 0 bridgehead atoms. The lowest BCUT2D eigenvalue weighted by Crippen LogP contribution is -2.48. The van der Waals surface area contributed by atoms with E-state index in [0.29, 0.717) is 25.3 Å². The van der Waals surface area contributed by atoms with Crippen molar-refractivity contribution < 1.29 is 13.2 Å². The standard InChI is InChI=1S/C14H19N5O3S/c1-2-11(6-7-15)18-23(21,22)14-5-3-4-12(17-14)19-9-8-16-13(20)10-19/h3-5,11,18H,2,6,8-10H2,1H3,(H,16,20). The Hall–Kier alpha value is -2.18. The van der Waals surface area contributed by atoms with Crippen LogP contribution in [0.5, 0.6) is 0 Å². The Morgan fingerprint density at radius 3 is 2.96 bits per heavy atom. The van der Waals surface area contributed by atoms with Crippen molar-refractivity contribution in [1.29, 1.82) is 5.26 Å². The maximum absolute atomic E-state index is 12.4. The number of anilines is 1. The van der Waals surface area contributed by atoms with Gasteiger partial charge in [-0.15, -0.1) is 0 Å². The van der Waals surface area contributed by atoms with E-state index >= 15 is 0 Å². The number of hydrogen-bond acceptors (Lipinski definition) is 6. The van der Waals surface area contributed by atoms with Crippen LogP contribution < -0.4 is 14.9 Å². The van der Waals surface area contributed by atoms with Gasteiger partial charge in [0, 0.05) is 19.1 Å². The highest BCUT2D eigenvalue weighted by molar-refractivity contribution is 7.89. The molecule has 2 N–H and O–H groups in total. The molecule has 8 nitrogen and oxygen atoms in total. The molecule has 1 saturated heterocycles. The number of nitriles is 1. The zero-order valence-electron chi connectivity index (χ0n) is 12.8. The van der Waals surface area contributed by atoms with E-state index in [-0.39, 0.29) is 23.9 Å². The third-order valence-corrected chi connectivity index (χ3v) is 4.92. The van der Waals surface area contributed by atoms with E-state index in [1.807, 2.05) is 6.07 Å². The zero-order valence-corrected chi connectivity index (χ0v) is 13.6. The molecule has 1 amide bonds. The SMILES string of the molecule is CCC(CC#N)NS(=O)(=O)c1cccc(N2CCNC(=O)C2)n1. The van der Waals surface area contributed by atoms with Crippen LogP contribution in [-0.2, 0) is 14.8 Å². The van der Waals surface area contributed by atoms with Crippen molar-refractivity contribution >= 4 is 21.7 Å². The second-order valence-corrected chi connectivity index (χ2v) is 6.86. The lowest BCUT2D eigenvalue weighted by atomic mass is 10.2. The van der Waals surface area contributed by atoms with Crippen LogP contribution in [0.3, 0.4) is 0 Å². The maximum Gasteiger partial charge on any atom is 0.258 e. The van der Waals surface area contributed by atoms with Crippen LogP contribution in [0.1, 0.15) is 19.8 Å². The third kappa shape index (κ3) is 4.40. The summed E-state index contributed by atoms with van der Waals surface area (Å²) in [5.41, 5.74) is 0. The number of sulfonamides is 1. The van der Waals surface area contributed by atoms with Gasteiger partial charge in [0.1, 0.15) is 5.82 Å². The molecular weight excluding hydrogens is 318 g/mol. The molecule has 9 heteroatoms. The number of carbonyl (C=O) groups is 1. The summed E-state index contributed by atoms with van der Waals surface area (Å²) in [6.07, 6.45) is 0.612. The molecule has 23 heavy (non-hydrogen) atoms. The minimum atomic E-state index is -3.81. The van der Waals surface area contributed by atoms with Gasteiger partial charge in [-0.05, 0) is 18.6 Å². The highest BCUT2D eigenvalue weighted by Gasteiger charge is 2.23. The normalized spacial score (nSPS) is 16.5. The first-order valence-electron chi connectivity index (χ1n) is 7.34. The fraction of sp³-hybridized carbons (Fsp3) is 0.500. The lowest BCUT2D eigenvalue weighted by Gasteiger charge is -2.27. The molecule has 0 aliphatic carbocycles. The van der Waals surface area contributed by atoms with Crippen LogP contribution >= 0.6 is 0 Å². The van der Waals surface area contributed by atoms with Crippen molar-refractivity contribution in [2.24, 2.45) is 0 Å². The summed E-state index contributed by atoms with van der Waals surface area (Å²) in [6, 6.07) is 6.17. The number of carbonyl (C=O) groups excluding carboxylic acids is 1. The van der Waals surface area contributed by atoms with Gasteiger partial charge in [-0.3, -0.25) is 4.79 Å². The van der Waals surface area contributed by atoms with Crippen LogP contribution in [0.25, 0.3) is 0 Å². The van der Waals surface area contributed by atoms with Gasteiger partial charge in [-0.25, -0.2) is 18.1 Å². The highest BCUT2D eigenvalue weighted by atomic mass is 32.2. The Kier molecular flexibility index (Phi) is 5.52. The molecule has 1 aliphatic rings. The van der Waals surface area contributed by atoms with Gasteiger partial charge >= 0.3 is 0 Å². The van der Waals surface area contributed by atoms with Crippen molar-refractivity contribution in [2.45, 2.75) is 30.8 Å². The van der Waals surface area contributed by atoms with Gasteiger partial charge < -0.3 is 10.2 Å². The van der Waals surface area contributed by atoms with Crippen molar-refractivity contribution in [2.75, 3.05) is 24.5 Å². The Morgan fingerprint density at radius 2 is 2.30 bits per heavy atom. The molecule has 2 heterocycles. The van der Waals surface area contributed by atoms with Crippen molar-refractivity contribution in [3.05, 3.63) is 18.2 Å². The number of nitrogens with zero attached hydrogens (tertiary/aromatic N) is 3. The van der Waals surface area contributed by atoms with Crippen LogP contribution in [0, 0.1) is 11.3 Å². The molecule has 1 aromatic heterocycles. The number of aromatic nitrogens is 1. The summed E-state index contributed by atoms with van der Waals surface area (Å²) in [7, 11) is -3.81. The highest BCUT2D eigenvalue weighted by Crippen LogP contribution is 2.16. The van der Waals surface area contributed by atoms with Crippen LogP contribution in [0.4, 0.5) is 5.82 Å². The first-order valence-corrected chi connectivity index (χ1v) is 8.82. The molecule has 124 valence electrons. The van der Waals surface area contributed by atoms with Crippen LogP contribution in [0.2, 0.25) is 0 Å². The van der Waals surface area contributed by atoms with Crippen LogP contribution in [0.15, 0.2) is 23.2 Å². The Labute approximate surface area is 135 Å². The van der Waals surface area contributed by atoms with E-state index in [9.17, 15) is 13.2 Å². The quantitative estimate of drug-likeness (QED) is 0.754. The van der Waals surface area contributed by atoms with Crippen molar-refractivity contribution in [1.82, 2.24) is 15.0 Å². The summed E-state index contributed by atoms with van der Waals surface area (Å²) >= 11 is 0. The topological polar surface area (TPSA) is 115 Å². The average Bonchev–Trinajstić information content (AvgIpc) is 2.54. The molecule has 2 rings (SSSR count). The minimum absolute atomic E-state index is 0.0989. The smallest absolute Gasteiger partial charge is 0.258 e. The summed E-state index contributed by atoms with van der Waals surface area (Å²) < 4.78 is 27.3. The fourth-order valence-electron chi connectivity index (χ4n) is 2.22. The van der Waals surface area contributed by atoms with E-state index in [4.69, 9.17) is 5.26 Å². The predicted molar refractivity (Wildman–Crippen MR) is 84.1 cm³/mol. The first-order chi connectivity index (χ1) is 11.0. The largest absolute Gasteiger partial charge is 0.353 e. The molecule has 1 aromatic rings. The number of piperazine rings is 1. The van der Waals surface area contributed by atoms with Gasteiger partial charge in [0.15, 0.2) is 5.03 Å². The van der Waals surface area contributed by atoms with Gasteiger partial charge in [-0.2, -0.15) is 5.26 Å². The van der Waals surface area contributed by atoms with E-state index in [1.165, 1.54) is 6.07 Å². The minimum Gasteiger partial charge on any atom is -0.353 e. The Bertz CT molecular complexity index is 713. The summed E-state index contributed by atoms with van der Waals surface area (Å²) in [6.45, 7) is 3.02. The zero-order chi connectivity index (χ0) is 16.9. The van der Waals surface area contributed by atoms with Gasteiger partial charge in [-0.1, -0.05) is 13.0 Å². The van der Waals surface area contributed by atoms with Crippen LogP contribution in [-0.4, -0.2) is 45.0 Å². The number of nitrogens with one attached hydrogen (secondary N) is 2. The summed E-state index contributed by atoms with van der Waals surface area (Å²) in [4.78, 5) is 17.3. The molecule has 1 unspecified atom stereocenters. The van der Waals surface area contributed by atoms with Gasteiger partial charge in [0.05, 0.1) is 19.0 Å². The monoisotopic (exact) mass is 337 g/mol. The summed E-state index contributed by atoms with van der Waals surface area (Å²) in [5, 5.41) is 11.3. The van der Waals surface area contributed by atoms with E-state index in [2.05, 4.69) is 15.0 Å². The van der Waals surface area contributed by atoms with Gasteiger partial charge in [0.25, 0.3) is 10.0 Å². The lowest BCUT2D eigenvalue weighted by molar-refractivity contribution is -0.120. The molecule has 1 fully saturated rings. The predicted octanol–water partition coefficient (Wildman–Crippen LogP) is -0.0116. The number of pyridine rings is 1. The molecule has 0 radical (unpaired) electrons. The second kappa shape index (κ2) is 7.39. The first kappa shape index (κ1) is 17.2. The summed E-state index contributed by atoms with van der Waals surface area (Å²) in [5.74, 6) is 0.320. The molecule has 0 spiro atoms. The van der Waals surface area contributed by atoms with Crippen molar-refractivity contribution in [3.8, 4) is 6.07 Å². The fourth-order valence-corrected chi connectivity index (χ4v) is 3.50. The van der Waals surface area contributed by atoms with E-state index in [1.54, 1.807) is 24.0 Å².